The summed E-state index contributed by atoms with van der Waals surface area (Å²) in [5.74, 6) is 2.35. The largest absolute Gasteiger partial charge is 0.340 e. The molecule has 22 heavy (non-hydrogen) atoms. The van der Waals surface area contributed by atoms with E-state index >= 15 is 0 Å². The van der Waals surface area contributed by atoms with Gasteiger partial charge in [-0.05, 0) is 12.8 Å². The van der Waals surface area contributed by atoms with E-state index in [-0.39, 0.29) is 12.0 Å². The molecule has 0 radical (unpaired) electrons. The maximum Gasteiger partial charge on any atom is 0.229 e. The van der Waals surface area contributed by atoms with Crippen LogP contribution in [0.5, 0.6) is 0 Å². The zero-order valence-corrected chi connectivity index (χ0v) is 12.9. The van der Waals surface area contributed by atoms with E-state index in [0.29, 0.717) is 12.5 Å². The molecule has 4 rings (SSSR count). The molecular formula is C15H22N6O. The van der Waals surface area contributed by atoms with Crippen LogP contribution in [0.1, 0.15) is 48.5 Å². The lowest BCUT2D eigenvalue weighted by molar-refractivity contribution is 0.282. The van der Waals surface area contributed by atoms with E-state index in [1.165, 1.54) is 19.3 Å². The van der Waals surface area contributed by atoms with Crippen LogP contribution in [-0.2, 0) is 13.6 Å². The number of nitrogens with two attached hydrogens (primary N) is 1. The number of hydrogen-bond acceptors (Lipinski definition) is 6. The minimum atomic E-state index is 0.105. The van der Waals surface area contributed by atoms with Gasteiger partial charge in [0.1, 0.15) is 0 Å². The van der Waals surface area contributed by atoms with Crippen molar-refractivity contribution in [3.63, 3.8) is 0 Å². The van der Waals surface area contributed by atoms with Crippen LogP contribution in [0.15, 0.2) is 17.0 Å². The minimum Gasteiger partial charge on any atom is -0.340 e. The predicted molar refractivity (Wildman–Crippen MR) is 80.1 cm³/mol. The van der Waals surface area contributed by atoms with Gasteiger partial charge in [0, 0.05) is 44.2 Å². The van der Waals surface area contributed by atoms with Gasteiger partial charge >= 0.3 is 0 Å². The monoisotopic (exact) mass is 302 g/mol. The first kappa shape index (κ1) is 13.9. The molecule has 0 bridgehead atoms. The Labute approximate surface area is 129 Å². The first-order valence-corrected chi connectivity index (χ1v) is 7.97. The average Bonchev–Trinajstić information content (AvgIpc) is 3.10. The summed E-state index contributed by atoms with van der Waals surface area (Å²) in [7, 11) is 1.98. The van der Waals surface area contributed by atoms with E-state index < -0.39 is 0 Å². The van der Waals surface area contributed by atoms with E-state index in [2.05, 4.69) is 26.2 Å². The van der Waals surface area contributed by atoms with Gasteiger partial charge in [0.25, 0.3) is 0 Å². The van der Waals surface area contributed by atoms with E-state index in [9.17, 15) is 0 Å². The van der Waals surface area contributed by atoms with Gasteiger partial charge in [-0.15, -0.1) is 0 Å². The Hall–Kier alpha value is -1.73. The summed E-state index contributed by atoms with van der Waals surface area (Å²) in [4.78, 5) is 11.3. The second kappa shape index (κ2) is 5.48. The summed E-state index contributed by atoms with van der Waals surface area (Å²) < 4.78 is 7.35. The molecule has 2 fully saturated rings. The molecule has 3 heterocycles. The molecule has 0 unspecified atom stereocenters. The van der Waals surface area contributed by atoms with Gasteiger partial charge in [-0.1, -0.05) is 11.6 Å². The van der Waals surface area contributed by atoms with Crippen molar-refractivity contribution in [1.29, 1.82) is 0 Å². The standard InChI is InChI=1S/C15H22N6O/c1-20-7-13(17-9-20)11-5-21(6-12(11)16)8-14-18-15(22-19-14)10-3-2-4-10/h7,9-12H,2-6,8,16H2,1H3/t11-,12-/m1/s1. The number of aromatic nitrogens is 4. The number of imidazole rings is 1. The Balaban J connectivity index is 1.40. The molecule has 0 aromatic carbocycles. The van der Waals surface area contributed by atoms with Crippen LogP contribution in [-0.4, -0.2) is 43.7 Å². The van der Waals surface area contributed by atoms with Crippen LogP contribution in [0.25, 0.3) is 0 Å². The lowest BCUT2D eigenvalue weighted by Crippen LogP contribution is -2.28. The predicted octanol–water partition coefficient (Wildman–Crippen LogP) is 0.997. The van der Waals surface area contributed by atoms with Gasteiger partial charge in [-0.3, -0.25) is 4.90 Å². The summed E-state index contributed by atoms with van der Waals surface area (Å²) in [6.45, 7) is 2.44. The van der Waals surface area contributed by atoms with E-state index in [1.807, 2.05) is 17.9 Å². The van der Waals surface area contributed by atoms with Crippen molar-refractivity contribution in [2.45, 2.75) is 43.7 Å². The lowest BCUT2D eigenvalue weighted by Gasteiger charge is -2.20. The number of aryl methyl sites for hydroxylation is 1. The Morgan fingerprint density at radius 2 is 2.23 bits per heavy atom. The smallest absolute Gasteiger partial charge is 0.229 e. The molecule has 2 aromatic rings. The maximum absolute atomic E-state index is 6.29. The van der Waals surface area contributed by atoms with Gasteiger partial charge in [-0.25, -0.2) is 4.98 Å². The van der Waals surface area contributed by atoms with Crippen molar-refractivity contribution in [3.05, 3.63) is 29.9 Å². The van der Waals surface area contributed by atoms with Crippen LogP contribution in [0.2, 0.25) is 0 Å². The lowest BCUT2D eigenvalue weighted by atomic mass is 9.85. The molecule has 0 amide bonds. The molecule has 1 saturated carbocycles. The summed E-state index contributed by atoms with van der Waals surface area (Å²) in [5.41, 5.74) is 7.36. The summed E-state index contributed by atoms with van der Waals surface area (Å²) >= 11 is 0. The van der Waals surface area contributed by atoms with Crippen molar-refractivity contribution >= 4 is 0 Å². The highest BCUT2D eigenvalue weighted by Gasteiger charge is 2.33. The van der Waals surface area contributed by atoms with Crippen molar-refractivity contribution in [1.82, 2.24) is 24.6 Å². The topological polar surface area (TPSA) is 86.0 Å². The van der Waals surface area contributed by atoms with Crippen molar-refractivity contribution in [2.24, 2.45) is 12.8 Å². The van der Waals surface area contributed by atoms with Crippen LogP contribution >= 0.6 is 0 Å². The molecular weight excluding hydrogens is 280 g/mol. The van der Waals surface area contributed by atoms with Crippen LogP contribution < -0.4 is 5.73 Å². The van der Waals surface area contributed by atoms with Crippen molar-refractivity contribution < 1.29 is 4.52 Å². The van der Waals surface area contributed by atoms with E-state index in [0.717, 1.165) is 30.5 Å². The molecule has 2 N–H and O–H groups in total. The zero-order chi connectivity index (χ0) is 15.1. The van der Waals surface area contributed by atoms with Gasteiger partial charge in [0.15, 0.2) is 5.82 Å². The van der Waals surface area contributed by atoms with Crippen LogP contribution in [0, 0.1) is 0 Å². The molecule has 2 aliphatic rings. The summed E-state index contributed by atoms with van der Waals surface area (Å²) in [6.07, 6.45) is 7.51. The second-order valence-corrected chi connectivity index (χ2v) is 6.61. The number of hydrogen-bond donors (Lipinski definition) is 1. The number of likely N-dealkylation sites (tertiary alicyclic amines) is 1. The van der Waals surface area contributed by atoms with E-state index in [1.54, 1.807) is 0 Å². The SMILES string of the molecule is Cn1cnc([C@@H]2CN(Cc3noc(C4CCC4)n3)C[C@H]2N)c1. The quantitative estimate of drug-likeness (QED) is 0.906. The summed E-state index contributed by atoms with van der Waals surface area (Å²) in [6, 6.07) is 0.105. The fourth-order valence-electron chi connectivity index (χ4n) is 3.33. The third-order valence-electron chi connectivity index (χ3n) is 4.85. The summed E-state index contributed by atoms with van der Waals surface area (Å²) in [5, 5.41) is 4.12. The van der Waals surface area contributed by atoms with Gasteiger partial charge in [0.05, 0.1) is 18.6 Å². The Bertz CT molecular complexity index is 646. The fourth-order valence-corrected chi connectivity index (χ4v) is 3.33. The third-order valence-corrected chi connectivity index (χ3v) is 4.85. The highest BCUT2D eigenvalue weighted by molar-refractivity contribution is 5.13. The van der Waals surface area contributed by atoms with Crippen molar-refractivity contribution in [2.75, 3.05) is 13.1 Å². The molecule has 0 spiro atoms. The van der Waals surface area contributed by atoms with Gasteiger partial charge < -0.3 is 14.8 Å². The van der Waals surface area contributed by atoms with Crippen LogP contribution in [0.3, 0.4) is 0 Å². The Morgan fingerprint density at radius 3 is 2.91 bits per heavy atom. The van der Waals surface area contributed by atoms with Crippen LogP contribution in [0.4, 0.5) is 0 Å². The average molecular weight is 302 g/mol. The molecule has 1 saturated heterocycles. The molecule has 118 valence electrons. The Morgan fingerprint density at radius 1 is 1.36 bits per heavy atom. The first-order chi connectivity index (χ1) is 10.7. The molecule has 7 nitrogen and oxygen atoms in total. The highest BCUT2D eigenvalue weighted by atomic mass is 16.5. The number of rotatable bonds is 4. The molecule has 2 atom stereocenters. The van der Waals surface area contributed by atoms with Gasteiger partial charge in [-0.2, -0.15) is 4.98 Å². The molecule has 7 heteroatoms. The van der Waals surface area contributed by atoms with Crippen molar-refractivity contribution in [3.8, 4) is 0 Å². The Kier molecular flexibility index (Phi) is 3.46. The molecule has 1 aliphatic carbocycles. The minimum absolute atomic E-state index is 0.105. The third kappa shape index (κ3) is 2.55. The number of nitrogens with zero attached hydrogens (tertiary/aromatic N) is 5. The highest BCUT2D eigenvalue weighted by Crippen LogP contribution is 2.35. The zero-order valence-electron chi connectivity index (χ0n) is 12.9. The second-order valence-electron chi connectivity index (χ2n) is 6.61. The van der Waals surface area contributed by atoms with Gasteiger partial charge in [0.2, 0.25) is 5.89 Å². The normalized spacial score (nSPS) is 26.5. The molecule has 1 aliphatic heterocycles. The maximum atomic E-state index is 6.29. The first-order valence-electron chi connectivity index (χ1n) is 7.97. The fraction of sp³-hybridized carbons (Fsp3) is 0.667. The molecule has 2 aromatic heterocycles. The van der Waals surface area contributed by atoms with E-state index in [4.69, 9.17) is 10.3 Å².